The fourth-order valence-corrected chi connectivity index (χ4v) is 10.3. The Hall–Kier alpha value is -6.20. The Kier molecular flexibility index (Phi) is 6.63. The highest BCUT2D eigenvalue weighted by atomic mass is 32.1. The standard InChI is InChI=1S/C48H30N2S2/c1-2-11-33(12-3-1)50-42-17-7-4-13-36(42)40-29-32(23-27-43(40)50)31-21-24-34(25-22-31)49(35-26-28-47-41(30-35)38-15-6-8-19-45(38)51-47)44-18-10-16-39-37-14-5-9-20-46(37)52-48(39)44/h1-30H. The van der Waals surface area contributed by atoms with Gasteiger partial charge in [-0.25, -0.2) is 0 Å². The smallest absolute Gasteiger partial charge is 0.0640 e. The molecule has 0 atom stereocenters. The van der Waals surface area contributed by atoms with E-state index in [1.807, 2.05) is 22.7 Å². The van der Waals surface area contributed by atoms with E-state index >= 15 is 0 Å². The number of fused-ring (bicyclic) bond motifs is 9. The van der Waals surface area contributed by atoms with Gasteiger partial charge >= 0.3 is 0 Å². The van der Waals surface area contributed by atoms with Gasteiger partial charge in [0.2, 0.25) is 0 Å². The molecule has 0 aliphatic rings. The Bertz CT molecular complexity index is 3130. The first kappa shape index (κ1) is 29.5. The molecule has 0 spiro atoms. The van der Waals surface area contributed by atoms with E-state index in [9.17, 15) is 0 Å². The second kappa shape index (κ2) is 11.7. The SMILES string of the molecule is c1ccc(-n2c3ccccc3c3cc(-c4ccc(N(c5ccc6sc7ccccc7c6c5)c5cccc6c5sc5ccccc56)cc4)ccc32)cc1. The number of rotatable bonds is 5. The van der Waals surface area contributed by atoms with E-state index in [1.165, 1.54) is 84.7 Å². The number of aromatic nitrogens is 1. The molecule has 0 fully saturated rings. The summed E-state index contributed by atoms with van der Waals surface area (Å²) in [5, 5.41) is 7.73. The highest BCUT2D eigenvalue weighted by Crippen LogP contribution is 2.46. The van der Waals surface area contributed by atoms with Crippen LogP contribution >= 0.6 is 22.7 Å². The van der Waals surface area contributed by atoms with E-state index in [1.54, 1.807) is 0 Å². The highest BCUT2D eigenvalue weighted by molar-refractivity contribution is 7.26. The van der Waals surface area contributed by atoms with Crippen LogP contribution in [0.3, 0.4) is 0 Å². The second-order valence-corrected chi connectivity index (χ2v) is 15.5. The van der Waals surface area contributed by atoms with E-state index in [4.69, 9.17) is 0 Å². The van der Waals surface area contributed by atoms with Crippen LogP contribution in [-0.4, -0.2) is 4.57 Å². The monoisotopic (exact) mass is 698 g/mol. The van der Waals surface area contributed by atoms with Gasteiger partial charge in [-0.05, 0) is 90.0 Å². The van der Waals surface area contributed by atoms with Crippen molar-refractivity contribution in [3.63, 3.8) is 0 Å². The van der Waals surface area contributed by atoms with Crippen LogP contribution < -0.4 is 4.90 Å². The lowest BCUT2D eigenvalue weighted by atomic mass is 10.0. The van der Waals surface area contributed by atoms with Gasteiger partial charge in [0.1, 0.15) is 0 Å². The predicted molar refractivity (Wildman–Crippen MR) is 227 cm³/mol. The quantitative estimate of drug-likeness (QED) is 0.174. The molecule has 0 saturated heterocycles. The molecule has 3 aromatic heterocycles. The highest BCUT2D eigenvalue weighted by Gasteiger charge is 2.20. The molecule has 0 aliphatic heterocycles. The van der Waals surface area contributed by atoms with Crippen LogP contribution in [0.15, 0.2) is 182 Å². The van der Waals surface area contributed by atoms with Crippen molar-refractivity contribution < 1.29 is 0 Å². The molecule has 0 bridgehead atoms. The summed E-state index contributed by atoms with van der Waals surface area (Å²) in [6.07, 6.45) is 0. The van der Waals surface area contributed by atoms with Gasteiger partial charge < -0.3 is 9.47 Å². The summed E-state index contributed by atoms with van der Waals surface area (Å²) in [7, 11) is 0. The first-order valence-electron chi connectivity index (χ1n) is 17.6. The molecule has 11 rings (SSSR count). The zero-order chi connectivity index (χ0) is 34.2. The average molecular weight is 699 g/mol. The minimum atomic E-state index is 1.13. The van der Waals surface area contributed by atoms with Crippen molar-refractivity contribution in [2.75, 3.05) is 4.90 Å². The van der Waals surface area contributed by atoms with Crippen molar-refractivity contribution in [1.82, 2.24) is 4.57 Å². The third-order valence-corrected chi connectivity index (χ3v) is 12.7. The first-order valence-corrected chi connectivity index (χ1v) is 19.2. The Balaban J connectivity index is 1.07. The summed E-state index contributed by atoms with van der Waals surface area (Å²) in [4.78, 5) is 2.45. The minimum Gasteiger partial charge on any atom is -0.309 e. The van der Waals surface area contributed by atoms with Crippen LogP contribution in [0.1, 0.15) is 0 Å². The fourth-order valence-electron chi connectivity index (χ4n) is 8.00. The normalized spacial score (nSPS) is 11.8. The summed E-state index contributed by atoms with van der Waals surface area (Å²) in [5.74, 6) is 0. The topological polar surface area (TPSA) is 8.17 Å². The van der Waals surface area contributed by atoms with Crippen LogP contribution in [0.25, 0.3) is 79.0 Å². The van der Waals surface area contributed by atoms with Gasteiger partial charge in [-0.15, -0.1) is 22.7 Å². The van der Waals surface area contributed by atoms with E-state index in [-0.39, 0.29) is 0 Å². The minimum absolute atomic E-state index is 1.13. The van der Waals surface area contributed by atoms with Crippen LogP contribution in [0.5, 0.6) is 0 Å². The molecular weight excluding hydrogens is 669 g/mol. The van der Waals surface area contributed by atoms with E-state index in [2.05, 4.69) is 191 Å². The Morgan fingerprint density at radius 1 is 0.365 bits per heavy atom. The first-order chi connectivity index (χ1) is 25.8. The van der Waals surface area contributed by atoms with Gasteiger partial charge in [0, 0.05) is 63.5 Å². The van der Waals surface area contributed by atoms with Crippen molar-refractivity contribution in [1.29, 1.82) is 0 Å². The number of hydrogen-bond acceptors (Lipinski definition) is 3. The van der Waals surface area contributed by atoms with Crippen molar-refractivity contribution in [3.05, 3.63) is 182 Å². The van der Waals surface area contributed by atoms with Crippen molar-refractivity contribution >= 4 is 102 Å². The molecule has 4 heteroatoms. The van der Waals surface area contributed by atoms with Crippen LogP contribution in [0, 0.1) is 0 Å². The molecule has 0 N–H and O–H groups in total. The molecule has 8 aromatic carbocycles. The number of thiophene rings is 2. The molecule has 0 amide bonds. The number of nitrogens with zero attached hydrogens (tertiary/aromatic N) is 2. The Morgan fingerprint density at radius 3 is 1.81 bits per heavy atom. The molecule has 2 nitrogen and oxygen atoms in total. The molecule has 0 radical (unpaired) electrons. The molecular formula is C48H30N2S2. The number of para-hydroxylation sites is 2. The van der Waals surface area contributed by atoms with Crippen molar-refractivity contribution in [2.24, 2.45) is 0 Å². The zero-order valence-electron chi connectivity index (χ0n) is 28.0. The lowest BCUT2D eigenvalue weighted by molar-refractivity contribution is 1.18. The van der Waals surface area contributed by atoms with Gasteiger partial charge in [0.05, 0.1) is 21.4 Å². The van der Waals surface area contributed by atoms with Gasteiger partial charge in [-0.3, -0.25) is 0 Å². The average Bonchev–Trinajstić information content (AvgIpc) is 3.88. The van der Waals surface area contributed by atoms with Gasteiger partial charge in [0.15, 0.2) is 0 Å². The van der Waals surface area contributed by atoms with E-state index < -0.39 is 0 Å². The lowest BCUT2D eigenvalue weighted by Crippen LogP contribution is -2.10. The largest absolute Gasteiger partial charge is 0.309 e. The third kappa shape index (κ3) is 4.55. The maximum Gasteiger partial charge on any atom is 0.0640 e. The van der Waals surface area contributed by atoms with Gasteiger partial charge in [-0.2, -0.15) is 0 Å². The molecule has 52 heavy (non-hydrogen) atoms. The van der Waals surface area contributed by atoms with Gasteiger partial charge in [0.25, 0.3) is 0 Å². The van der Waals surface area contributed by atoms with E-state index in [0.717, 1.165) is 11.4 Å². The lowest BCUT2D eigenvalue weighted by Gasteiger charge is -2.26. The van der Waals surface area contributed by atoms with Crippen molar-refractivity contribution in [3.8, 4) is 16.8 Å². The number of benzene rings is 8. The van der Waals surface area contributed by atoms with Crippen LogP contribution in [-0.2, 0) is 0 Å². The summed E-state index contributed by atoms with van der Waals surface area (Å²) in [6, 6.07) is 66.6. The second-order valence-electron chi connectivity index (χ2n) is 13.3. The molecule has 244 valence electrons. The summed E-state index contributed by atoms with van der Waals surface area (Å²) < 4.78 is 7.61. The molecule has 0 unspecified atom stereocenters. The summed E-state index contributed by atoms with van der Waals surface area (Å²) in [5.41, 5.74) is 9.50. The van der Waals surface area contributed by atoms with Crippen molar-refractivity contribution in [2.45, 2.75) is 0 Å². The Labute approximate surface area is 308 Å². The zero-order valence-corrected chi connectivity index (χ0v) is 29.7. The fraction of sp³-hybridized carbons (Fsp3) is 0. The molecule has 11 aromatic rings. The molecule has 0 saturated carbocycles. The van der Waals surface area contributed by atoms with Gasteiger partial charge in [-0.1, -0.05) is 103 Å². The maximum atomic E-state index is 2.45. The summed E-state index contributed by atoms with van der Waals surface area (Å²) >= 11 is 3.74. The van der Waals surface area contributed by atoms with Crippen LogP contribution in [0.2, 0.25) is 0 Å². The maximum absolute atomic E-state index is 2.45. The Morgan fingerprint density at radius 2 is 0.981 bits per heavy atom. The molecule has 3 heterocycles. The summed E-state index contributed by atoms with van der Waals surface area (Å²) in [6.45, 7) is 0. The van der Waals surface area contributed by atoms with E-state index in [0.29, 0.717) is 0 Å². The number of hydrogen-bond donors (Lipinski definition) is 0. The molecule has 0 aliphatic carbocycles. The van der Waals surface area contributed by atoms with Crippen LogP contribution in [0.4, 0.5) is 17.1 Å². The third-order valence-electron chi connectivity index (χ3n) is 10.4. The number of anilines is 3. The predicted octanol–water partition coefficient (Wildman–Crippen LogP) is 14.7.